The van der Waals surface area contributed by atoms with Gasteiger partial charge in [-0.25, -0.2) is 4.79 Å². The number of rotatable bonds is 3. The van der Waals surface area contributed by atoms with Crippen LogP contribution in [0.5, 0.6) is 0 Å². The van der Waals surface area contributed by atoms with Crippen molar-refractivity contribution >= 4 is 23.5 Å². The van der Waals surface area contributed by atoms with Crippen LogP contribution in [0.1, 0.15) is 10.4 Å². The van der Waals surface area contributed by atoms with E-state index in [4.69, 9.17) is 0 Å². The molecule has 0 radical (unpaired) electrons. The van der Waals surface area contributed by atoms with E-state index in [-0.39, 0.29) is 31.0 Å². The summed E-state index contributed by atoms with van der Waals surface area (Å²) in [6.07, 6.45) is 3.64. The van der Waals surface area contributed by atoms with E-state index in [1.165, 1.54) is 4.90 Å². The Morgan fingerprint density at radius 2 is 2.00 bits per heavy atom. The fraction of sp³-hybridized carbons (Fsp3) is 0.267. The number of anilines is 1. The van der Waals surface area contributed by atoms with Crippen molar-refractivity contribution in [3.8, 4) is 0 Å². The van der Waals surface area contributed by atoms with E-state index < -0.39 is 6.03 Å². The van der Waals surface area contributed by atoms with Crippen molar-refractivity contribution in [1.29, 1.82) is 0 Å². The number of aliphatic hydroxyl groups is 1. The molecule has 7 nitrogen and oxygen atoms in total. The highest BCUT2D eigenvalue weighted by atomic mass is 16.3. The third-order valence-corrected chi connectivity index (χ3v) is 3.73. The summed E-state index contributed by atoms with van der Waals surface area (Å²) < 4.78 is 0. The van der Waals surface area contributed by atoms with Crippen LogP contribution in [-0.4, -0.2) is 53.6 Å². The van der Waals surface area contributed by atoms with Gasteiger partial charge in [0.25, 0.3) is 5.91 Å². The summed E-state index contributed by atoms with van der Waals surface area (Å²) in [4.78, 5) is 38.0. The van der Waals surface area contributed by atoms with Crippen molar-refractivity contribution in [1.82, 2.24) is 10.2 Å². The topological polar surface area (TPSA) is 90.0 Å². The summed E-state index contributed by atoms with van der Waals surface area (Å²) in [6.45, 7) is 0.333. The quantitative estimate of drug-likeness (QED) is 0.613. The third-order valence-electron chi connectivity index (χ3n) is 3.73. The van der Waals surface area contributed by atoms with Gasteiger partial charge in [-0.1, -0.05) is 12.2 Å². The highest BCUT2D eigenvalue weighted by Crippen LogP contribution is 2.20. The molecule has 7 heteroatoms. The number of amides is 4. The molecule has 0 unspecified atom stereocenters. The van der Waals surface area contributed by atoms with Crippen molar-refractivity contribution in [2.45, 2.75) is 6.04 Å². The molecule has 3 rings (SSSR count). The zero-order chi connectivity index (χ0) is 15.7. The highest BCUT2D eigenvalue weighted by molar-refractivity contribution is 6.12. The molecule has 0 aromatic heterocycles. The lowest BCUT2D eigenvalue weighted by molar-refractivity contribution is -0.117. The van der Waals surface area contributed by atoms with Crippen LogP contribution in [0.2, 0.25) is 0 Å². The van der Waals surface area contributed by atoms with Crippen LogP contribution in [0.15, 0.2) is 36.4 Å². The minimum atomic E-state index is -0.465. The first-order valence-electron chi connectivity index (χ1n) is 6.90. The predicted molar refractivity (Wildman–Crippen MR) is 78.4 cm³/mol. The second kappa shape index (κ2) is 5.61. The molecule has 1 aromatic rings. The molecule has 0 spiro atoms. The Bertz CT molecular complexity index is 653. The van der Waals surface area contributed by atoms with Gasteiger partial charge in [0.2, 0.25) is 5.91 Å². The Labute approximate surface area is 126 Å². The van der Waals surface area contributed by atoms with Crippen LogP contribution < -0.4 is 10.2 Å². The Balaban J connectivity index is 1.76. The maximum atomic E-state index is 12.4. The number of hydrogen-bond donors (Lipinski definition) is 2. The Kier molecular flexibility index (Phi) is 3.64. The Morgan fingerprint density at radius 3 is 2.59 bits per heavy atom. The molecule has 2 aliphatic rings. The normalized spacial score (nSPS) is 20.7. The summed E-state index contributed by atoms with van der Waals surface area (Å²) in [5, 5.41) is 11.4. The van der Waals surface area contributed by atoms with Gasteiger partial charge in [-0.2, -0.15) is 0 Å². The van der Waals surface area contributed by atoms with Gasteiger partial charge in [0, 0.05) is 17.8 Å². The van der Waals surface area contributed by atoms with Gasteiger partial charge < -0.3 is 10.0 Å². The number of nitrogens with zero attached hydrogens (tertiary/aromatic N) is 2. The lowest BCUT2D eigenvalue weighted by atomic mass is 10.1. The summed E-state index contributed by atoms with van der Waals surface area (Å²) in [7, 11) is 0. The molecule has 0 bridgehead atoms. The molecule has 2 aliphatic heterocycles. The van der Waals surface area contributed by atoms with Gasteiger partial charge in [0.05, 0.1) is 12.6 Å². The molecule has 1 saturated heterocycles. The van der Waals surface area contributed by atoms with Gasteiger partial charge in [0.15, 0.2) is 0 Å². The van der Waals surface area contributed by atoms with E-state index in [1.54, 1.807) is 35.2 Å². The molecule has 4 amide bonds. The van der Waals surface area contributed by atoms with Gasteiger partial charge >= 0.3 is 6.03 Å². The summed E-state index contributed by atoms with van der Waals surface area (Å²) in [6, 6.07) is 5.72. The maximum absolute atomic E-state index is 12.4. The Hall–Kier alpha value is -2.67. The molecule has 1 atom stereocenters. The molecule has 2 heterocycles. The Morgan fingerprint density at radius 1 is 1.27 bits per heavy atom. The van der Waals surface area contributed by atoms with Crippen molar-refractivity contribution in [3.05, 3.63) is 42.0 Å². The van der Waals surface area contributed by atoms with Crippen molar-refractivity contribution in [2.24, 2.45) is 0 Å². The SMILES string of the molecule is O=C1CN(c2ccc(C(=O)N3CC=C[C@@H]3CO)cc2)C(=O)N1. The van der Waals surface area contributed by atoms with E-state index in [0.717, 1.165) is 0 Å². The van der Waals surface area contributed by atoms with Crippen LogP contribution in [0, 0.1) is 0 Å². The van der Waals surface area contributed by atoms with Crippen LogP contribution >= 0.6 is 0 Å². The number of benzene rings is 1. The molecular weight excluding hydrogens is 286 g/mol. The standard InChI is InChI=1S/C15H15N3O4/c19-9-12-2-1-7-17(12)14(21)10-3-5-11(6-4-10)18-8-13(20)16-15(18)22/h1-6,12,19H,7-9H2,(H,16,20,22)/t12-/m1/s1. The van der Waals surface area contributed by atoms with Crippen LogP contribution in [-0.2, 0) is 4.79 Å². The minimum absolute atomic E-state index is 0.0191. The number of urea groups is 1. The number of nitrogens with one attached hydrogen (secondary N) is 1. The molecular formula is C15H15N3O4. The van der Waals surface area contributed by atoms with Gasteiger partial charge in [-0.05, 0) is 24.3 Å². The maximum Gasteiger partial charge on any atom is 0.329 e. The highest BCUT2D eigenvalue weighted by Gasteiger charge is 2.29. The van der Waals surface area contributed by atoms with Crippen molar-refractivity contribution in [3.63, 3.8) is 0 Å². The van der Waals surface area contributed by atoms with Gasteiger partial charge in [-0.3, -0.25) is 19.8 Å². The molecule has 1 aromatic carbocycles. The predicted octanol–water partition coefficient (Wildman–Crippen LogP) is 0.116. The smallest absolute Gasteiger partial charge is 0.329 e. The first-order valence-corrected chi connectivity index (χ1v) is 6.90. The molecule has 0 aliphatic carbocycles. The summed E-state index contributed by atoms with van der Waals surface area (Å²) >= 11 is 0. The second-order valence-electron chi connectivity index (χ2n) is 5.12. The van der Waals surface area contributed by atoms with E-state index in [2.05, 4.69) is 5.32 Å². The third kappa shape index (κ3) is 2.46. The number of aliphatic hydroxyl groups excluding tert-OH is 1. The molecule has 2 N–H and O–H groups in total. The first-order chi connectivity index (χ1) is 10.6. The largest absolute Gasteiger partial charge is 0.394 e. The van der Waals surface area contributed by atoms with E-state index in [1.807, 2.05) is 6.08 Å². The minimum Gasteiger partial charge on any atom is -0.394 e. The van der Waals surface area contributed by atoms with E-state index in [0.29, 0.717) is 17.8 Å². The molecule has 1 fully saturated rings. The zero-order valence-corrected chi connectivity index (χ0v) is 11.7. The van der Waals surface area contributed by atoms with Gasteiger partial charge in [0.1, 0.15) is 6.54 Å². The first kappa shape index (κ1) is 14.3. The van der Waals surface area contributed by atoms with E-state index in [9.17, 15) is 19.5 Å². The second-order valence-corrected chi connectivity index (χ2v) is 5.12. The van der Waals surface area contributed by atoms with Crippen LogP contribution in [0.4, 0.5) is 10.5 Å². The number of carbonyl (C=O) groups is 3. The summed E-state index contributed by atoms with van der Waals surface area (Å²) in [5.74, 6) is -0.531. The van der Waals surface area contributed by atoms with Crippen LogP contribution in [0.3, 0.4) is 0 Å². The monoisotopic (exact) mass is 301 g/mol. The fourth-order valence-electron chi connectivity index (χ4n) is 2.56. The average molecular weight is 301 g/mol. The number of carbonyl (C=O) groups excluding carboxylic acids is 3. The van der Waals surface area contributed by atoms with Gasteiger partial charge in [-0.15, -0.1) is 0 Å². The number of hydrogen-bond acceptors (Lipinski definition) is 4. The molecule has 22 heavy (non-hydrogen) atoms. The molecule has 0 saturated carbocycles. The van der Waals surface area contributed by atoms with Crippen molar-refractivity contribution in [2.75, 3.05) is 24.6 Å². The molecule has 114 valence electrons. The average Bonchev–Trinajstić information content (AvgIpc) is 3.12. The number of imide groups is 1. The van der Waals surface area contributed by atoms with Crippen LogP contribution in [0.25, 0.3) is 0 Å². The van der Waals surface area contributed by atoms with Crippen molar-refractivity contribution < 1.29 is 19.5 Å². The fourth-order valence-corrected chi connectivity index (χ4v) is 2.56. The lowest BCUT2D eigenvalue weighted by Gasteiger charge is -2.23. The summed E-state index contributed by atoms with van der Waals surface area (Å²) in [5.41, 5.74) is 1.02. The van der Waals surface area contributed by atoms with E-state index >= 15 is 0 Å². The zero-order valence-electron chi connectivity index (χ0n) is 11.7. The lowest BCUT2D eigenvalue weighted by Crippen LogP contribution is -2.38.